The van der Waals surface area contributed by atoms with Crippen molar-refractivity contribution in [1.29, 1.82) is 5.26 Å². The van der Waals surface area contributed by atoms with Crippen LogP contribution in [-0.2, 0) is 19.0 Å². The van der Waals surface area contributed by atoms with Crippen LogP contribution >= 0.6 is 0 Å². The minimum Gasteiger partial charge on any atom is -0.469 e. The fourth-order valence-electron chi connectivity index (χ4n) is 5.84. The van der Waals surface area contributed by atoms with Crippen LogP contribution in [0.2, 0.25) is 0 Å². The highest BCUT2D eigenvalue weighted by Crippen LogP contribution is 2.28. The number of ketones is 1. The molecule has 0 spiro atoms. The van der Waals surface area contributed by atoms with E-state index in [0.717, 1.165) is 69.0 Å². The lowest BCUT2D eigenvalue weighted by Crippen LogP contribution is -2.38. The van der Waals surface area contributed by atoms with Crippen molar-refractivity contribution in [3.8, 4) is 23.0 Å². The van der Waals surface area contributed by atoms with Crippen molar-refractivity contribution in [2.75, 3.05) is 45.3 Å². The highest BCUT2D eigenvalue weighted by molar-refractivity contribution is 5.93. The highest BCUT2D eigenvalue weighted by Gasteiger charge is 2.22. The molecule has 2 N–H and O–H groups in total. The Hall–Kier alpha value is -4.80. The molecule has 1 unspecified atom stereocenters. The second kappa shape index (κ2) is 27.8. The molecular formula is C46H71FN6O6. The van der Waals surface area contributed by atoms with E-state index in [1.165, 1.54) is 32.6 Å². The van der Waals surface area contributed by atoms with Gasteiger partial charge in [-0.1, -0.05) is 60.5 Å². The summed E-state index contributed by atoms with van der Waals surface area (Å²) in [4.78, 5) is 37.1. The third-order valence-electron chi connectivity index (χ3n) is 9.15. The number of rotatable bonds is 15. The first kappa shape index (κ1) is 52.2. The summed E-state index contributed by atoms with van der Waals surface area (Å²) in [5.41, 5.74) is 2.67. The SMILES string of the molecule is CC.CCC(CCCC(C)C)NC(=O)OC(C)(C)C.CCNC.COC(=O)CCOC1CCN(c2ccc(-n3nc(C(C)=O)cc3-c3ccc(C#N)c(F)c3)cc2)CC1. The van der Waals surface area contributed by atoms with Crippen LogP contribution < -0.4 is 15.5 Å². The van der Waals surface area contributed by atoms with Crippen LogP contribution in [0.4, 0.5) is 14.9 Å². The number of benzene rings is 2. The van der Waals surface area contributed by atoms with E-state index in [1.807, 2.05) is 72.0 Å². The van der Waals surface area contributed by atoms with E-state index in [0.29, 0.717) is 17.9 Å². The molecule has 12 nitrogen and oxygen atoms in total. The van der Waals surface area contributed by atoms with Crippen molar-refractivity contribution >= 4 is 23.5 Å². The zero-order chi connectivity index (χ0) is 44.5. The normalized spacial score (nSPS) is 13.0. The van der Waals surface area contributed by atoms with Gasteiger partial charge in [0.05, 0.1) is 43.2 Å². The fourth-order valence-corrected chi connectivity index (χ4v) is 5.84. The summed E-state index contributed by atoms with van der Waals surface area (Å²) < 4.78 is 31.6. The van der Waals surface area contributed by atoms with Crippen molar-refractivity contribution in [2.24, 2.45) is 5.92 Å². The van der Waals surface area contributed by atoms with Gasteiger partial charge in [0.1, 0.15) is 23.2 Å². The van der Waals surface area contributed by atoms with Gasteiger partial charge < -0.3 is 29.7 Å². The molecule has 1 saturated heterocycles. The number of carbonyl (C=O) groups excluding carboxylic acids is 3. The van der Waals surface area contributed by atoms with Gasteiger partial charge in [0.25, 0.3) is 0 Å². The summed E-state index contributed by atoms with van der Waals surface area (Å²) in [6.45, 7) is 22.8. The number of hydrogen-bond donors (Lipinski definition) is 2. The molecule has 1 aliphatic rings. The number of amides is 1. The van der Waals surface area contributed by atoms with E-state index < -0.39 is 11.4 Å². The van der Waals surface area contributed by atoms with Gasteiger partial charge in [-0.05, 0) is 108 Å². The zero-order valence-corrected chi connectivity index (χ0v) is 37.7. The summed E-state index contributed by atoms with van der Waals surface area (Å²) in [5.74, 6) is -0.362. The standard InChI is InChI=1S/C27H27FN4O4.C14H29NO2.C3H9N.C2H6/c1-18(33)25-16-26(19-3-4-20(17-29)24(28)15-19)32(30-25)22-7-5-21(6-8-22)31-12-9-23(10-13-31)36-14-11-27(34)35-2;1-7-12(10-8-9-11(2)3)15-13(16)17-14(4,5)6;1-3-4-2;1-2/h3-8,15-16,23H,9-14H2,1-2H3;11-12H,7-10H2,1-6H3,(H,15,16);4H,3H2,1-2H3;1-2H3. The Balaban J connectivity index is 0.000000634. The van der Waals surface area contributed by atoms with E-state index >= 15 is 0 Å². The van der Waals surface area contributed by atoms with E-state index in [4.69, 9.17) is 14.7 Å². The van der Waals surface area contributed by atoms with Crippen molar-refractivity contribution in [1.82, 2.24) is 20.4 Å². The van der Waals surface area contributed by atoms with E-state index in [9.17, 15) is 18.8 Å². The monoisotopic (exact) mass is 823 g/mol. The quantitative estimate of drug-likeness (QED) is 0.112. The molecule has 13 heteroatoms. The maximum Gasteiger partial charge on any atom is 0.407 e. The first-order valence-corrected chi connectivity index (χ1v) is 21.0. The number of piperidine rings is 1. The number of anilines is 1. The maximum atomic E-state index is 14.3. The molecule has 0 saturated carbocycles. The maximum absolute atomic E-state index is 14.3. The number of hydrogen-bond acceptors (Lipinski definition) is 10. The second-order valence-corrected chi connectivity index (χ2v) is 15.4. The summed E-state index contributed by atoms with van der Waals surface area (Å²) in [6.07, 6.45) is 6.16. The lowest BCUT2D eigenvalue weighted by molar-refractivity contribution is -0.142. The summed E-state index contributed by atoms with van der Waals surface area (Å²) in [7, 11) is 3.30. The fraction of sp³-hybridized carbons (Fsp3) is 0.587. The van der Waals surface area contributed by atoms with Gasteiger partial charge in [-0.3, -0.25) is 9.59 Å². The Labute approximate surface area is 353 Å². The van der Waals surface area contributed by atoms with Gasteiger partial charge in [0, 0.05) is 37.3 Å². The molecular weight excluding hydrogens is 752 g/mol. The minimum atomic E-state index is -0.625. The molecule has 1 amide bonds. The number of carbonyl (C=O) groups is 3. The van der Waals surface area contributed by atoms with Crippen molar-refractivity contribution in [3.63, 3.8) is 0 Å². The van der Waals surface area contributed by atoms with Gasteiger partial charge in [0.2, 0.25) is 0 Å². The Morgan fingerprint density at radius 2 is 1.61 bits per heavy atom. The topological polar surface area (TPSA) is 148 Å². The molecule has 1 fully saturated rings. The van der Waals surface area contributed by atoms with Crippen LogP contribution in [-0.4, -0.2) is 85.8 Å². The number of halogens is 1. The van der Waals surface area contributed by atoms with Crippen molar-refractivity contribution in [3.05, 3.63) is 65.6 Å². The number of alkyl carbamates (subject to hydrolysis) is 1. The Morgan fingerprint density at radius 3 is 2.10 bits per heavy atom. The largest absolute Gasteiger partial charge is 0.469 e. The number of aromatic nitrogens is 2. The minimum absolute atomic E-state index is 0.0430. The molecule has 1 aromatic heterocycles. The van der Waals surface area contributed by atoms with Crippen LogP contribution in [0.5, 0.6) is 0 Å². The average molecular weight is 823 g/mol. The average Bonchev–Trinajstić information content (AvgIpc) is 3.67. The smallest absolute Gasteiger partial charge is 0.407 e. The lowest BCUT2D eigenvalue weighted by Gasteiger charge is -2.33. The van der Waals surface area contributed by atoms with Gasteiger partial charge in [0.15, 0.2) is 5.78 Å². The summed E-state index contributed by atoms with van der Waals surface area (Å²) >= 11 is 0. The molecule has 0 aliphatic carbocycles. The Kier molecular flexibility index (Phi) is 24.6. The Bertz CT molecular complexity index is 1720. The molecule has 4 rings (SSSR count). The molecule has 2 aromatic carbocycles. The second-order valence-electron chi connectivity index (χ2n) is 15.4. The third-order valence-corrected chi connectivity index (χ3v) is 9.15. The zero-order valence-electron chi connectivity index (χ0n) is 37.7. The van der Waals surface area contributed by atoms with Gasteiger partial charge in [-0.15, -0.1) is 0 Å². The van der Waals surface area contributed by atoms with Crippen LogP contribution in [0.15, 0.2) is 48.5 Å². The first-order valence-electron chi connectivity index (χ1n) is 21.0. The number of esters is 1. The Morgan fingerprint density at radius 1 is 1.00 bits per heavy atom. The summed E-state index contributed by atoms with van der Waals surface area (Å²) in [6, 6.07) is 15.8. The molecule has 0 bridgehead atoms. The van der Waals surface area contributed by atoms with Crippen LogP contribution in [0.1, 0.15) is 130 Å². The summed E-state index contributed by atoms with van der Waals surface area (Å²) in [5, 5.41) is 19.3. The van der Waals surface area contributed by atoms with E-state index in [-0.39, 0.29) is 47.7 Å². The van der Waals surface area contributed by atoms with Crippen LogP contribution in [0, 0.1) is 23.1 Å². The predicted octanol–water partition coefficient (Wildman–Crippen LogP) is 9.67. The number of ether oxygens (including phenoxy) is 3. The van der Waals surface area contributed by atoms with Crippen LogP contribution in [0.25, 0.3) is 16.9 Å². The highest BCUT2D eigenvalue weighted by atomic mass is 19.1. The number of nitrogens with one attached hydrogen (secondary N) is 2. The van der Waals surface area contributed by atoms with Gasteiger partial charge >= 0.3 is 12.1 Å². The van der Waals surface area contributed by atoms with E-state index in [1.54, 1.807) is 16.8 Å². The number of nitrogens with zero attached hydrogens (tertiary/aromatic N) is 4. The molecule has 0 radical (unpaired) electrons. The number of Topliss-reactive ketones (excluding diaryl/α,β-unsaturated/α-hetero) is 1. The number of methoxy groups -OCH3 is 1. The van der Waals surface area contributed by atoms with Crippen molar-refractivity contribution in [2.45, 2.75) is 132 Å². The third kappa shape index (κ3) is 19.7. The van der Waals surface area contributed by atoms with Gasteiger partial charge in [-0.2, -0.15) is 10.4 Å². The predicted molar refractivity (Wildman–Crippen MR) is 235 cm³/mol. The lowest BCUT2D eigenvalue weighted by atomic mass is 10.0. The molecule has 2 heterocycles. The molecule has 328 valence electrons. The first-order chi connectivity index (χ1) is 28.0. The van der Waals surface area contributed by atoms with E-state index in [2.05, 4.69) is 53.1 Å². The molecule has 1 atom stereocenters. The molecule has 59 heavy (non-hydrogen) atoms. The van der Waals surface area contributed by atoms with Gasteiger partial charge in [-0.25, -0.2) is 13.9 Å². The van der Waals surface area contributed by atoms with Crippen LogP contribution in [0.3, 0.4) is 0 Å². The van der Waals surface area contributed by atoms with Crippen molar-refractivity contribution < 1.29 is 33.0 Å². The molecule has 1 aliphatic heterocycles. The molecule has 3 aromatic rings. The number of nitriles is 1.